The fourth-order valence-corrected chi connectivity index (χ4v) is 1.16. The molecule has 1 aromatic heterocycles. The molecular formula is C11H13N3O2. The van der Waals surface area contributed by atoms with Crippen LogP contribution in [0.3, 0.4) is 0 Å². The molecule has 0 spiro atoms. The molecule has 0 atom stereocenters. The highest BCUT2D eigenvalue weighted by Crippen LogP contribution is 2.08. The van der Waals surface area contributed by atoms with Gasteiger partial charge in [-0.1, -0.05) is 0 Å². The third-order valence-corrected chi connectivity index (χ3v) is 1.94. The molecule has 0 fully saturated rings. The normalized spacial score (nSPS) is 9.31. The molecule has 1 aromatic rings. The maximum atomic E-state index is 11.2. The molecule has 84 valence electrons. The first-order valence-corrected chi connectivity index (χ1v) is 4.90. The molecule has 0 aliphatic heterocycles. The molecule has 0 unspecified atom stereocenters. The molecule has 1 rings (SSSR count). The zero-order valence-corrected chi connectivity index (χ0v) is 9.30. The lowest BCUT2D eigenvalue weighted by Gasteiger charge is -2.16. The van der Waals surface area contributed by atoms with Gasteiger partial charge in [0.15, 0.2) is 0 Å². The zero-order chi connectivity index (χ0) is 12.0. The molecule has 0 aliphatic carbocycles. The Balaban J connectivity index is 2.63. The van der Waals surface area contributed by atoms with Gasteiger partial charge in [-0.05, 0) is 19.1 Å². The summed E-state index contributed by atoms with van der Waals surface area (Å²) in [6.45, 7) is 2.28. The summed E-state index contributed by atoms with van der Waals surface area (Å²) in [6, 6.07) is 5.33. The van der Waals surface area contributed by atoms with Gasteiger partial charge in [0.25, 0.3) is 0 Å². The SMILES string of the molecule is CCOC(=O)CN(C)c1ccc(C#N)cn1. The van der Waals surface area contributed by atoms with Crippen molar-refractivity contribution in [2.45, 2.75) is 6.92 Å². The maximum absolute atomic E-state index is 11.2. The number of ether oxygens (including phenoxy) is 1. The Morgan fingerprint density at radius 1 is 1.62 bits per heavy atom. The van der Waals surface area contributed by atoms with Crippen molar-refractivity contribution in [1.82, 2.24) is 4.98 Å². The molecule has 0 N–H and O–H groups in total. The second-order valence-corrected chi connectivity index (χ2v) is 3.18. The Morgan fingerprint density at radius 2 is 2.38 bits per heavy atom. The number of hydrogen-bond donors (Lipinski definition) is 0. The smallest absolute Gasteiger partial charge is 0.325 e. The minimum Gasteiger partial charge on any atom is -0.465 e. The fourth-order valence-electron chi connectivity index (χ4n) is 1.16. The van der Waals surface area contributed by atoms with Crippen molar-refractivity contribution in [2.75, 3.05) is 25.1 Å². The molecule has 1 heterocycles. The number of nitrogens with zero attached hydrogens (tertiary/aromatic N) is 3. The number of aromatic nitrogens is 1. The molecule has 0 bridgehead atoms. The van der Waals surface area contributed by atoms with Crippen molar-refractivity contribution in [2.24, 2.45) is 0 Å². The average molecular weight is 219 g/mol. The highest BCUT2D eigenvalue weighted by molar-refractivity contribution is 5.75. The van der Waals surface area contributed by atoms with Crippen molar-refractivity contribution in [3.8, 4) is 6.07 Å². The highest BCUT2D eigenvalue weighted by Gasteiger charge is 2.08. The summed E-state index contributed by atoms with van der Waals surface area (Å²) in [5.74, 6) is 0.336. The van der Waals surface area contributed by atoms with Gasteiger partial charge in [-0.3, -0.25) is 4.79 Å². The van der Waals surface area contributed by atoms with E-state index in [1.807, 2.05) is 6.07 Å². The summed E-state index contributed by atoms with van der Waals surface area (Å²) in [5, 5.41) is 8.60. The molecule has 5 heteroatoms. The van der Waals surface area contributed by atoms with Crippen LogP contribution in [0.2, 0.25) is 0 Å². The van der Waals surface area contributed by atoms with Gasteiger partial charge in [0.2, 0.25) is 0 Å². The van der Waals surface area contributed by atoms with Crippen LogP contribution in [-0.4, -0.2) is 31.2 Å². The van der Waals surface area contributed by atoms with Crippen LogP contribution in [-0.2, 0) is 9.53 Å². The number of nitriles is 1. The molecule has 0 aromatic carbocycles. The van der Waals surface area contributed by atoms with Gasteiger partial charge in [-0.15, -0.1) is 0 Å². The first-order chi connectivity index (χ1) is 7.67. The topological polar surface area (TPSA) is 66.2 Å². The summed E-state index contributed by atoms with van der Waals surface area (Å²) in [5.41, 5.74) is 0.494. The van der Waals surface area contributed by atoms with E-state index in [2.05, 4.69) is 4.98 Å². The predicted molar refractivity (Wildman–Crippen MR) is 58.9 cm³/mol. The van der Waals surface area contributed by atoms with Crippen LogP contribution < -0.4 is 4.90 Å². The summed E-state index contributed by atoms with van der Waals surface area (Å²) < 4.78 is 4.82. The van der Waals surface area contributed by atoms with Crippen molar-refractivity contribution in [1.29, 1.82) is 5.26 Å². The number of esters is 1. The van der Waals surface area contributed by atoms with E-state index in [4.69, 9.17) is 10.00 Å². The largest absolute Gasteiger partial charge is 0.465 e. The van der Waals surface area contributed by atoms with E-state index < -0.39 is 0 Å². The molecule has 0 saturated heterocycles. The number of pyridine rings is 1. The van der Waals surface area contributed by atoms with E-state index >= 15 is 0 Å². The number of carbonyl (C=O) groups is 1. The predicted octanol–water partition coefficient (Wildman–Crippen LogP) is 0.953. The minimum absolute atomic E-state index is 0.146. The standard InChI is InChI=1S/C11H13N3O2/c1-3-16-11(15)8-14(2)10-5-4-9(6-12)7-13-10/h4-5,7H,3,8H2,1-2H3. The van der Waals surface area contributed by atoms with Crippen molar-refractivity contribution < 1.29 is 9.53 Å². The van der Waals surface area contributed by atoms with Crippen molar-refractivity contribution in [3.05, 3.63) is 23.9 Å². The Bertz CT molecular complexity index is 395. The van der Waals surface area contributed by atoms with Gasteiger partial charge in [-0.25, -0.2) is 4.98 Å². The zero-order valence-electron chi connectivity index (χ0n) is 9.30. The third kappa shape index (κ3) is 3.24. The fraction of sp³-hybridized carbons (Fsp3) is 0.364. The Kier molecular flexibility index (Phi) is 4.28. The van der Waals surface area contributed by atoms with Crippen LogP contribution >= 0.6 is 0 Å². The second-order valence-electron chi connectivity index (χ2n) is 3.18. The summed E-state index contributed by atoms with van der Waals surface area (Å²) in [7, 11) is 1.74. The molecule has 0 aliphatic rings. The first kappa shape index (κ1) is 12.0. The number of carbonyl (C=O) groups excluding carboxylic acids is 1. The number of rotatable bonds is 4. The van der Waals surface area contributed by atoms with Crippen LogP contribution in [0.25, 0.3) is 0 Å². The van der Waals surface area contributed by atoms with Gasteiger partial charge in [0.1, 0.15) is 18.4 Å². The van der Waals surface area contributed by atoms with Crippen LogP contribution in [0.1, 0.15) is 12.5 Å². The molecule has 0 radical (unpaired) electrons. The van der Waals surface area contributed by atoms with E-state index in [0.29, 0.717) is 18.0 Å². The van der Waals surface area contributed by atoms with Gasteiger partial charge in [0, 0.05) is 13.2 Å². The number of anilines is 1. The molecular weight excluding hydrogens is 206 g/mol. The van der Waals surface area contributed by atoms with Gasteiger partial charge in [-0.2, -0.15) is 5.26 Å². The average Bonchev–Trinajstić information content (AvgIpc) is 2.29. The van der Waals surface area contributed by atoms with Crippen molar-refractivity contribution in [3.63, 3.8) is 0 Å². The summed E-state index contributed by atoms with van der Waals surface area (Å²) in [6.07, 6.45) is 1.47. The lowest BCUT2D eigenvalue weighted by molar-refractivity contribution is -0.141. The molecule has 0 amide bonds. The third-order valence-electron chi connectivity index (χ3n) is 1.94. The van der Waals surface area contributed by atoms with Gasteiger partial charge < -0.3 is 9.64 Å². The number of hydrogen-bond acceptors (Lipinski definition) is 5. The number of likely N-dealkylation sites (N-methyl/N-ethyl adjacent to an activating group) is 1. The van der Waals surface area contributed by atoms with E-state index in [9.17, 15) is 4.79 Å². The molecule has 0 saturated carbocycles. The summed E-state index contributed by atoms with van der Waals surface area (Å²) in [4.78, 5) is 16.9. The van der Waals surface area contributed by atoms with E-state index in [1.165, 1.54) is 6.20 Å². The maximum Gasteiger partial charge on any atom is 0.325 e. The highest BCUT2D eigenvalue weighted by atomic mass is 16.5. The molecule has 16 heavy (non-hydrogen) atoms. The monoisotopic (exact) mass is 219 g/mol. The van der Waals surface area contributed by atoms with Crippen LogP contribution in [0, 0.1) is 11.3 Å². The van der Waals surface area contributed by atoms with Crippen LogP contribution in [0.4, 0.5) is 5.82 Å². The molecule has 5 nitrogen and oxygen atoms in total. The lowest BCUT2D eigenvalue weighted by Crippen LogP contribution is -2.27. The van der Waals surface area contributed by atoms with Crippen molar-refractivity contribution >= 4 is 11.8 Å². The lowest BCUT2D eigenvalue weighted by atomic mass is 10.3. The first-order valence-electron chi connectivity index (χ1n) is 4.90. The van der Waals surface area contributed by atoms with Crippen LogP contribution in [0.15, 0.2) is 18.3 Å². The quantitative estimate of drug-likeness (QED) is 0.705. The minimum atomic E-state index is -0.295. The Labute approximate surface area is 94.3 Å². The van der Waals surface area contributed by atoms with E-state index in [1.54, 1.807) is 31.0 Å². The van der Waals surface area contributed by atoms with E-state index in [-0.39, 0.29) is 12.5 Å². The van der Waals surface area contributed by atoms with Gasteiger partial charge in [0.05, 0.1) is 12.2 Å². The Morgan fingerprint density at radius 3 is 2.88 bits per heavy atom. The Hall–Kier alpha value is -2.09. The van der Waals surface area contributed by atoms with Crippen LogP contribution in [0.5, 0.6) is 0 Å². The van der Waals surface area contributed by atoms with Gasteiger partial charge >= 0.3 is 5.97 Å². The second kappa shape index (κ2) is 5.71. The van der Waals surface area contributed by atoms with E-state index in [0.717, 1.165) is 0 Å². The summed E-state index contributed by atoms with van der Waals surface area (Å²) >= 11 is 0.